The molecule has 0 amide bonds. The van der Waals surface area contributed by atoms with Crippen molar-refractivity contribution in [3.63, 3.8) is 0 Å². The summed E-state index contributed by atoms with van der Waals surface area (Å²) in [6, 6.07) is 6.13. The van der Waals surface area contributed by atoms with Crippen molar-refractivity contribution in [2.75, 3.05) is 13.1 Å². The van der Waals surface area contributed by atoms with Crippen molar-refractivity contribution in [2.24, 2.45) is 0 Å². The van der Waals surface area contributed by atoms with Crippen LogP contribution in [0.2, 0.25) is 0 Å². The number of hydrogen-bond acceptors (Lipinski definition) is 3. The second-order valence-electron chi connectivity index (χ2n) is 7.07. The number of sulfonamides is 1. The van der Waals surface area contributed by atoms with Gasteiger partial charge in [-0.25, -0.2) is 31.0 Å². The van der Waals surface area contributed by atoms with E-state index in [0.717, 1.165) is 4.31 Å². The minimum atomic E-state index is -4.28. The smallest absolute Gasteiger partial charge is 0.243 e. The first-order chi connectivity index (χ1) is 14.1. The van der Waals surface area contributed by atoms with Gasteiger partial charge in [-0.15, -0.1) is 0 Å². The van der Waals surface area contributed by atoms with E-state index in [2.05, 4.69) is 20.9 Å². The summed E-state index contributed by atoms with van der Waals surface area (Å²) < 4.78 is 84.7. The van der Waals surface area contributed by atoms with Gasteiger partial charge in [-0.2, -0.15) is 4.31 Å². The van der Waals surface area contributed by atoms with Gasteiger partial charge in [0.05, 0.1) is 16.0 Å². The van der Waals surface area contributed by atoms with Gasteiger partial charge in [0, 0.05) is 22.9 Å². The Balaban J connectivity index is 1.86. The molecule has 1 aliphatic rings. The zero-order valence-electron chi connectivity index (χ0n) is 15.6. The highest BCUT2D eigenvalue weighted by Crippen LogP contribution is 2.34. The Labute approximate surface area is 178 Å². The fourth-order valence-electron chi connectivity index (χ4n) is 3.53. The fourth-order valence-corrected chi connectivity index (χ4v) is 5.38. The molecule has 0 saturated carbocycles. The second kappa shape index (κ2) is 7.58. The lowest BCUT2D eigenvalue weighted by molar-refractivity contribution is 0.343. The van der Waals surface area contributed by atoms with Gasteiger partial charge in [0.15, 0.2) is 5.82 Å². The van der Waals surface area contributed by atoms with Gasteiger partial charge >= 0.3 is 0 Å². The van der Waals surface area contributed by atoms with E-state index in [9.17, 15) is 26.0 Å². The monoisotopic (exact) mass is 502 g/mol. The van der Waals surface area contributed by atoms with Crippen molar-refractivity contribution >= 4 is 36.9 Å². The predicted octanol–water partition coefficient (Wildman–Crippen LogP) is 5.12. The summed E-state index contributed by atoms with van der Waals surface area (Å²) in [4.78, 5) is 3.42. The second-order valence-corrected chi connectivity index (χ2v) is 9.93. The van der Waals surface area contributed by atoms with Crippen molar-refractivity contribution in [2.45, 2.75) is 24.4 Å². The molecule has 158 valence electrons. The van der Waals surface area contributed by atoms with Crippen LogP contribution in [0.15, 0.2) is 39.7 Å². The number of pyridine rings is 1. The molecule has 1 aromatic heterocycles. The van der Waals surface area contributed by atoms with E-state index in [4.69, 9.17) is 0 Å². The van der Waals surface area contributed by atoms with Crippen LogP contribution in [0, 0.1) is 24.4 Å². The number of nitrogens with zero attached hydrogens (tertiary/aromatic N) is 2. The van der Waals surface area contributed by atoms with Gasteiger partial charge in [-0.05, 0) is 43.2 Å². The number of alkyl halides is 1. The lowest BCUT2D eigenvalue weighted by atomic mass is 10.0. The first-order valence-electron chi connectivity index (χ1n) is 8.98. The third-order valence-corrected chi connectivity index (χ3v) is 7.45. The molecule has 0 radical (unpaired) electrons. The fraction of sp³-hybridized carbons (Fsp3) is 0.250. The predicted molar refractivity (Wildman–Crippen MR) is 108 cm³/mol. The molecule has 1 fully saturated rings. The van der Waals surface area contributed by atoms with Crippen LogP contribution < -0.4 is 0 Å². The highest BCUT2D eigenvalue weighted by Gasteiger charge is 2.34. The van der Waals surface area contributed by atoms with Gasteiger partial charge in [0.1, 0.15) is 23.5 Å². The molecule has 0 bridgehead atoms. The topological polar surface area (TPSA) is 50.3 Å². The Bertz CT molecular complexity index is 1260. The summed E-state index contributed by atoms with van der Waals surface area (Å²) in [5.74, 6) is -3.45. The SMILES string of the molecule is Cc1c(F)c(-c2c(F)cc(S(=O)(=O)N3CC[C@H](F)C3)cc2F)nc2cc(Br)ccc12. The molecule has 10 heteroatoms. The zero-order chi connectivity index (χ0) is 21.8. The summed E-state index contributed by atoms with van der Waals surface area (Å²) in [5.41, 5.74) is -0.841. The zero-order valence-corrected chi connectivity index (χ0v) is 18.0. The molecular weight excluding hydrogens is 488 g/mol. The molecule has 0 unspecified atom stereocenters. The number of benzene rings is 2. The van der Waals surface area contributed by atoms with E-state index in [1.807, 2.05) is 0 Å². The maximum Gasteiger partial charge on any atom is 0.243 e. The average molecular weight is 503 g/mol. The minimum Gasteiger partial charge on any atom is -0.246 e. The number of aryl methyl sites for hydroxylation is 1. The Morgan fingerprint density at radius 3 is 2.40 bits per heavy atom. The Kier molecular flexibility index (Phi) is 5.36. The highest BCUT2D eigenvalue weighted by atomic mass is 79.9. The molecule has 1 aliphatic heterocycles. The quantitative estimate of drug-likeness (QED) is 0.467. The summed E-state index contributed by atoms with van der Waals surface area (Å²) in [5, 5.41) is 0.481. The first-order valence-corrected chi connectivity index (χ1v) is 11.2. The largest absolute Gasteiger partial charge is 0.246 e. The summed E-state index contributed by atoms with van der Waals surface area (Å²) in [7, 11) is -4.28. The van der Waals surface area contributed by atoms with Crippen LogP contribution in [0.4, 0.5) is 17.6 Å². The molecule has 0 spiro atoms. The van der Waals surface area contributed by atoms with E-state index >= 15 is 0 Å². The molecular formula is C20H15BrF4N2O2S. The van der Waals surface area contributed by atoms with Gasteiger partial charge in [0.2, 0.25) is 10.0 Å². The third-order valence-electron chi connectivity index (χ3n) is 5.12. The van der Waals surface area contributed by atoms with E-state index in [0.29, 0.717) is 27.5 Å². The lowest BCUT2D eigenvalue weighted by Gasteiger charge is -2.17. The molecule has 2 heterocycles. The molecule has 0 N–H and O–H groups in total. The van der Waals surface area contributed by atoms with E-state index in [1.165, 1.54) is 6.92 Å². The first kappa shape index (κ1) is 21.2. The van der Waals surface area contributed by atoms with Crippen LogP contribution in [0.25, 0.3) is 22.2 Å². The molecule has 2 aromatic carbocycles. The standard InChI is InChI=1S/C20H15BrF4N2O2S/c1-10-14-3-2-11(21)6-17(14)26-20(19(10)25)18-15(23)7-13(8-16(18)24)30(28,29)27-5-4-12(22)9-27/h2-3,6-8,12H,4-5,9H2,1H3/t12-/m0/s1. The number of fused-ring (bicyclic) bond motifs is 1. The normalized spacial score (nSPS) is 17.7. The van der Waals surface area contributed by atoms with E-state index in [1.54, 1.807) is 18.2 Å². The maximum absolute atomic E-state index is 14.9. The van der Waals surface area contributed by atoms with Crippen molar-refractivity contribution in [1.82, 2.24) is 9.29 Å². The van der Waals surface area contributed by atoms with Crippen molar-refractivity contribution in [1.29, 1.82) is 0 Å². The average Bonchev–Trinajstić information content (AvgIpc) is 3.12. The number of rotatable bonds is 3. The Morgan fingerprint density at radius 2 is 1.80 bits per heavy atom. The van der Waals surface area contributed by atoms with Crippen molar-refractivity contribution in [3.8, 4) is 11.3 Å². The molecule has 4 rings (SSSR count). The Morgan fingerprint density at radius 1 is 1.13 bits per heavy atom. The van der Waals surface area contributed by atoms with Gasteiger partial charge in [0.25, 0.3) is 0 Å². The van der Waals surface area contributed by atoms with Crippen LogP contribution in [-0.2, 0) is 10.0 Å². The number of hydrogen-bond donors (Lipinski definition) is 0. The van der Waals surface area contributed by atoms with Gasteiger partial charge in [-0.3, -0.25) is 0 Å². The van der Waals surface area contributed by atoms with Crippen LogP contribution in [0.1, 0.15) is 12.0 Å². The van der Waals surface area contributed by atoms with E-state index < -0.39 is 49.8 Å². The minimum absolute atomic E-state index is 0.0172. The molecule has 3 aromatic rings. The molecule has 1 atom stereocenters. The van der Waals surface area contributed by atoms with Crippen molar-refractivity contribution in [3.05, 3.63) is 57.8 Å². The third kappa shape index (κ3) is 3.50. The Hall–Kier alpha value is -2.04. The summed E-state index contributed by atoms with van der Waals surface area (Å²) in [6.07, 6.45) is -1.31. The van der Waals surface area contributed by atoms with Crippen molar-refractivity contribution < 1.29 is 26.0 Å². The van der Waals surface area contributed by atoms with Crippen LogP contribution in [0.5, 0.6) is 0 Å². The summed E-state index contributed by atoms with van der Waals surface area (Å²) >= 11 is 3.27. The number of aromatic nitrogens is 1. The van der Waals surface area contributed by atoms with E-state index in [-0.39, 0.29) is 25.1 Å². The summed E-state index contributed by atoms with van der Waals surface area (Å²) in [6.45, 7) is 1.01. The highest BCUT2D eigenvalue weighted by molar-refractivity contribution is 9.10. The lowest BCUT2D eigenvalue weighted by Crippen LogP contribution is -2.29. The van der Waals surface area contributed by atoms with Crippen LogP contribution in [0.3, 0.4) is 0 Å². The van der Waals surface area contributed by atoms with Crippen LogP contribution >= 0.6 is 15.9 Å². The molecule has 0 aliphatic carbocycles. The maximum atomic E-state index is 14.9. The molecule has 4 nitrogen and oxygen atoms in total. The number of halogens is 5. The molecule has 1 saturated heterocycles. The van der Waals surface area contributed by atoms with Gasteiger partial charge in [-0.1, -0.05) is 22.0 Å². The van der Waals surface area contributed by atoms with Gasteiger partial charge < -0.3 is 0 Å². The van der Waals surface area contributed by atoms with Crippen LogP contribution in [-0.4, -0.2) is 37.0 Å². The molecule has 30 heavy (non-hydrogen) atoms.